The Labute approximate surface area is 100 Å². The molecule has 1 atom stereocenters. The summed E-state index contributed by atoms with van der Waals surface area (Å²) in [6.07, 6.45) is 0. The molecular weight excluding hydrogens is 398 g/mol. The Bertz CT molecular complexity index is 342. The number of rotatable bonds is 1. The third-order valence-electron chi connectivity index (χ3n) is 1.63. The molecule has 0 fully saturated rings. The van der Waals surface area contributed by atoms with Crippen molar-refractivity contribution in [2.75, 3.05) is 19.8 Å². The molecule has 0 radical (unpaired) electrons. The molecule has 0 saturated heterocycles. The summed E-state index contributed by atoms with van der Waals surface area (Å²) in [6.45, 7) is 0. The summed E-state index contributed by atoms with van der Waals surface area (Å²) in [6, 6.07) is 0. The van der Waals surface area contributed by atoms with Crippen molar-refractivity contribution in [3.8, 4) is 0 Å². The van der Waals surface area contributed by atoms with Crippen LogP contribution in [0.2, 0.25) is 0 Å². The summed E-state index contributed by atoms with van der Waals surface area (Å²) in [5.41, 5.74) is 6.66. The van der Waals surface area contributed by atoms with Gasteiger partial charge in [-0.25, -0.2) is 0 Å². The van der Waals surface area contributed by atoms with Crippen molar-refractivity contribution in [3.63, 3.8) is 0 Å². The second-order valence-corrected chi connectivity index (χ2v) is 5.71. The third kappa shape index (κ3) is 1.61. The molecule has 1 unspecified atom stereocenters. The van der Waals surface area contributed by atoms with Crippen molar-refractivity contribution in [3.05, 3.63) is 0 Å². The van der Waals surface area contributed by atoms with Crippen LogP contribution < -0.4 is 37.7 Å². The van der Waals surface area contributed by atoms with Crippen LogP contribution in [-0.2, 0) is 0 Å². The maximum absolute atomic E-state index is 5.76. The molecule has 1 aliphatic rings. The van der Waals surface area contributed by atoms with Crippen LogP contribution in [0.1, 0.15) is 0 Å². The summed E-state index contributed by atoms with van der Waals surface area (Å²) in [7, 11) is 2.08. The van der Waals surface area contributed by atoms with E-state index in [0.717, 1.165) is 11.5 Å². The molecule has 2 rings (SSSR count). The van der Waals surface area contributed by atoms with Gasteiger partial charge in [-0.3, -0.25) is 0 Å². The number of aromatic nitrogens is 2. The van der Waals surface area contributed by atoms with E-state index in [-0.39, 0.29) is 21.8 Å². The number of halogens is 2. The van der Waals surface area contributed by atoms with E-state index in [9.17, 15) is 0 Å². The number of nitrogen functional groups attached to an aromatic ring is 1. The summed E-state index contributed by atoms with van der Waals surface area (Å²) >= 11 is 1.86. The number of nitrogens with one attached hydrogen (secondary N) is 3. The van der Waals surface area contributed by atoms with Crippen molar-refractivity contribution in [1.82, 2.24) is 9.97 Å². The quantitative estimate of drug-likeness (QED) is 0.286. The number of anilines is 3. The minimum atomic E-state index is -0.131. The molecule has 0 saturated carbocycles. The molecule has 0 amide bonds. The first-order chi connectivity index (χ1) is 6.22. The molecule has 13 heavy (non-hydrogen) atoms. The molecule has 2 heterocycles. The van der Waals surface area contributed by atoms with Gasteiger partial charge in [0.2, 0.25) is 0 Å². The molecule has 0 spiro atoms. The fraction of sp³-hybridized carbons (Fsp3) is 0.200. The van der Waals surface area contributed by atoms with E-state index in [1.165, 1.54) is 3.11 Å². The Morgan fingerprint density at radius 2 is 2.38 bits per heavy atom. The number of hydrogen-bond donors (Lipinski definition) is 4. The second kappa shape index (κ2) is 3.57. The molecule has 1 aromatic rings. The van der Waals surface area contributed by atoms with Crippen molar-refractivity contribution >= 4 is 46.1 Å². The van der Waals surface area contributed by atoms with Crippen molar-refractivity contribution < 1.29 is 24.9 Å². The Hall–Kier alpha value is -0.100. The van der Waals surface area contributed by atoms with E-state index in [2.05, 4.69) is 24.1 Å². The Morgan fingerprint density at radius 3 is 3.08 bits per heavy atom. The summed E-state index contributed by atoms with van der Waals surface area (Å²) in [4.78, 5) is 8.42. The average Bonchev–Trinajstić information content (AvgIpc) is 2.48. The summed E-state index contributed by atoms with van der Waals surface area (Å²) in [5, 5.41) is 0. The van der Waals surface area contributed by atoms with Gasteiger partial charge in [-0.2, -0.15) is 0 Å². The average molecular weight is 406 g/mol. The molecular formula is C5H8I2N6. The van der Waals surface area contributed by atoms with Crippen LogP contribution in [0.25, 0.3) is 0 Å². The Morgan fingerprint density at radius 1 is 1.62 bits per heavy atom. The predicted molar refractivity (Wildman–Crippen MR) is 54.3 cm³/mol. The SMILES string of the molecule is C[NH+]1[I-]Nc2c(N)nc(NI)nc21. The van der Waals surface area contributed by atoms with E-state index < -0.39 is 0 Å². The second-order valence-electron chi connectivity index (χ2n) is 2.47. The van der Waals surface area contributed by atoms with Gasteiger partial charge in [-0.05, 0) is 0 Å². The molecule has 1 aromatic heterocycles. The van der Waals surface area contributed by atoms with Crippen LogP contribution in [0.4, 0.5) is 23.3 Å². The Kier molecular flexibility index (Phi) is 2.60. The summed E-state index contributed by atoms with van der Waals surface area (Å²) in [5.74, 6) is 2.07. The Balaban J connectivity index is 2.53. The number of hydrogen-bond acceptors (Lipinski definition) is 5. The van der Waals surface area contributed by atoms with Gasteiger partial charge in [-0.1, -0.05) is 0 Å². The van der Waals surface area contributed by atoms with Gasteiger partial charge in [0.15, 0.2) is 0 Å². The fourth-order valence-electron chi connectivity index (χ4n) is 1.03. The molecule has 0 aromatic carbocycles. The van der Waals surface area contributed by atoms with Crippen LogP contribution in [0.15, 0.2) is 0 Å². The van der Waals surface area contributed by atoms with Gasteiger partial charge in [-0.15, -0.1) is 0 Å². The van der Waals surface area contributed by atoms with E-state index in [1.807, 2.05) is 22.9 Å². The van der Waals surface area contributed by atoms with Gasteiger partial charge in [0.1, 0.15) is 0 Å². The van der Waals surface area contributed by atoms with Crippen molar-refractivity contribution in [2.45, 2.75) is 0 Å². The van der Waals surface area contributed by atoms with Crippen LogP contribution >= 0.6 is 22.9 Å². The minimum absolute atomic E-state index is 0.131. The van der Waals surface area contributed by atoms with Crippen LogP contribution in [0.5, 0.6) is 0 Å². The van der Waals surface area contributed by atoms with Crippen molar-refractivity contribution in [2.24, 2.45) is 0 Å². The van der Waals surface area contributed by atoms with Gasteiger partial charge in [0.05, 0.1) is 0 Å². The predicted octanol–water partition coefficient (Wildman–Crippen LogP) is -3.69. The normalized spacial score (nSPS) is 20.0. The number of fused-ring (bicyclic) bond motifs is 1. The topological polar surface area (TPSA) is 80.3 Å². The molecule has 1 aliphatic heterocycles. The molecule has 0 aliphatic carbocycles. The molecule has 6 nitrogen and oxygen atoms in total. The number of nitrogens with two attached hydrogens (primary N) is 1. The zero-order valence-corrected chi connectivity index (χ0v) is 11.0. The van der Waals surface area contributed by atoms with Crippen LogP contribution in [-0.4, -0.2) is 17.0 Å². The molecule has 8 heteroatoms. The van der Waals surface area contributed by atoms with E-state index in [0.29, 0.717) is 11.8 Å². The van der Waals surface area contributed by atoms with Crippen molar-refractivity contribution in [1.29, 1.82) is 0 Å². The first-order valence-electron chi connectivity index (χ1n) is 3.50. The van der Waals surface area contributed by atoms with Gasteiger partial charge in [0, 0.05) is 0 Å². The first kappa shape index (κ1) is 9.45. The van der Waals surface area contributed by atoms with Crippen LogP contribution in [0, 0.1) is 0 Å². The van der Waals surface area contributed by atoms with E-state index in [4.69, 9.17) is 5.73 Å². The molecule has 0 bridgehead atoms. The number of quaternary nitrogens is 1. The first-order valence-corrected chi connectivity index (χ1v) is 6.74. The molecule has 72 valence electrons. The van der Waals surface area contributed by atoms with E-state index in [1.54, 1.807) is 0 Å². The van der Waals surface area contributed by atoms with E-state index >= 15 is 0 Å². The monoisotopic (exact) mass is 406 g/mol. The zero-order valence-electron chi connectivity index (χ0n) is 6.73. The zero-order chi connectivity index (χ0) is 9.42. The summed E-state index contributed by atoms with van der Waals surface area (Å²) < 4.78 is 7.42. The standard InChI is InChI=1S/C5H8I2N6/c1-13-4-2(12-7-13)3(8)9-5(10-4)11-6/h12-13H,1H3,(H3,8,9,10,11). The van der Waals surface area contributed by atoms with Gasteiger partial charge >= 0.3 is 101 Å². The van der Waals surface area contributed by atoms with Gasteiger partial charge in [0.25, 0.3) is 0 Å². The number of nitrogens with zero attached hydrogens (tertiary/aromatic N) is 2. The maximum atomic E-state index is 5.76. The molecule has 5 N–H and O–H groups in total. The van der Waals surface area contributed by atoms with Gasteiger partial charge < -0.3 is 0 Å². The fourth-order valence-corrected chi connectivity index (χ4v) is 3.12. The third-order valence-corrected chi connectivity index (χ3v) is 4.24. The van der Waals surface area contributed by atoms with Crippen LogP contribution in [0.3, 0.4) is 0 Å².